The predicted octanol–water partition coefficient (Wildman–Crippen LogP) is 7.12. The molecule has 0 bridgehead atoms. The maximum absolute atomic E-state index is 12.5. The van der Waals surface area contributed by atoms with Gasteiger partial charge >= 0.3 is 5.97 Å². The van der Waals surface area contributed by atoms with Crippen LogP contribution in [0.5, 0.6) is 0 Å². The summed E-state index contributed by atoms with van der Waals surface area (Å²) < 4.78 is 11.0. The van der Waals surface area contributed by atoms with Crippen molar-refractivity contribution in [2.75, 3.05) is 6.61 Å². The molecule has 0 saturated heterocycles. The monoisotopic (exact) mass is 493 g/mol. The van der Waals surface area contributed by atoms with Gasteiger partial charge in [-0.05, 0) is 56.2 Å². The minimum absolute atomic E-state index is 0.116. The van der Waals surface area contributed by atoms with Gasteiger partial charge < -0.3 is 9.26 Å². The lowest BCUT2D eigenvalue weighted by Crippen LogP contribution is -2.23. The standard InChI is InChI=1S/C32H31NO4/c1-3-36-31(35)32(20-21-32)27-18-16-24(17-19-27)23-12-14-26(15-13-23)30-28(22(2)33-37-30)10-7-11-29(34)25-8-5-4-6-9-25/h4-6,8-9,12-19H,3,7,10-11,20-21H2,1-2H3. The van der Waals surface area contributed by atoms with Gasteiger partial charge in [0.15, 0.2) is 11.5 Å². The molecular weight excluding hydrogens is 462 g/mol. The lowest BCUT2D eigenvalue weighted by molar-refractivity contribution is -0.146. The lowest BCUT2D eigenvalue weighted by atomic mass is 9.93. The molecule has 3 aromatic carbocycles. The topological polar surface area (TPSA) is 69.4 Å². The minimum atomic E-state index is -0.454. The van der Waals surface area contributed by atoms with Crippen LogP contribution in [0.1, 0.15) is 59.8 Å². The Labute approximate surface area is 217 Å². The van der Waals surface area contributed by atoms with Crippen LogP contribution < -0.4 is 0 Å². The van der Waals surface area contributed by atoms with Crippen molar-refractivity contribution in [1.29, 1.82) is 0 Å². The summed E-state index contributed by atoms with van der Waals surface area (Å²) in [6.45, 7) is 4.19. The second-order valence-electron chi connectivity index (χ2n) is 9.68. The first-order valence-corrected chi connectivity index (χ1v) is 12.9. The van der Waals surface area contributed by atoms with Crippen LogP contribution >= 0.6 is 0 Å². The van der Waals surface area contributed by atoms with Gasteiger partial charge in [0.2, 0.25) is 0 Å². The van der Waals surface area contributed by atoms with Gasteiger partial charge in [-0.1, -0.05) is 84.0 Å². The number of hydrogen-bond donors (Lipinski definition) is 0. The third kappa shape index (κ3) is 5.12. The van der Waals surface area contributed by atoms with E-state index in [4.69, 9.17) is 9.26 Å². The zero-order chi connectivity index (χ0) is 25.8. The van der Waals surface area contributed by atoms with Crippen molar-refractivity contribution >= 4 is 11.8 Å². The van der Waals surface area contributed by atoms with E-state index in [1.54, 1.807) is 0 Å². The van der Waals surface area contributed by atoms with E-state index in [0.29, 0.717) is 13.0 Å². The van der Waals surface area contributed by atoms with Crippen LogP contribution in [0.4, 0.5) is 0 Å². The molecule has 0 atom stereocenters. The molecule has 5 heteroatoms. The molecule has 1 aliphatic carbocycles. The number of ether oxygens (including phenoxy) is 1. The molecule has 0 amide bonds. The first-order chi connectivity index (χ1) is 18.0. The number of Topliss-reactive ketones (excluding diaryl/α,β-unsaturated/α-hetero) is 1. The Morgan fingerprint density at radius 1 is 0.892 bits per heavy atom. The molecule has 0 spiro atoms. The number of nitrogens with zero attached hydrogens (tertiary/aromatic N) is 1. The number of carbonyl (C=O) groups excluding carboxylic acids is 2. The second kappa shape index (κ2) is 10.6. The predicted molar refractivity (Wildman–Crippen MR) is 143 cm³/mol. The maximum atomic E-state index is 12.5. The van der Waals surface area contributed by atoms with Crippen LogP contribution in [0.25, 0.3) is 22.5 Å². The summed E-state index contributed by atoms with van der Waals surface area (Å²) in [7, 11) is 0. The summed E-state index contributed by atoms with van der Waals surface area (Å²) in [4.78, 5) is 24.9. The number of esters is 1. The summed E-state index contributed by atoms with van der Waals surface area (Å²) in [5, 5.41) is 4.20. The van der Waals surface area contributed by atoms with Gasteiger partial charge in [0, 0.05) is 23.1 Å². The SMILES string of the molecule is CCOC(=O)C1(c2ccc(-c3ccc(-c4onc(C)c4CCCC(=O)c4ccccc4)cc3)cc2)CC1. The Bertz CT molecular complexity index is 1380. The molecule has 1 aliphatic rings. The fraction of sp³-hybridized carbons (Fsp3) is 0.281. The van der Waals surface area contributed by atoms with Gasteiger partial charge in [-0.15, -0.1) is 0 Å². The Morgan fingerprint density at radius 2 is 1.51 bits per heavy atom. The minimum Gasteiger partial charge on any atom is -0.465 e. The molecular formula is C32H31NO4. The maximum Gasteiger partial charge on any atom is 0.316 e. The number of carbonyl (C=O) groups is 2. The Kier molecular flexibility index (Phi) is 7.04. The Morgan fingerprint density at radius 3 is 2.14 bits per heavy atom. The van der Waals surface area contributed by atoms with Crippen molar-refractivity contribution in [3.63, 3.8) is 0 Å². The van der Waals surface area contributed by atoms with Crippen molar-refractivity contribution in [3.05, 3.63) is 101 Å². The van der Waals surface area contributed by atoms with Crippen LogP contribution in [-0.2, 0) is 21.4 Å². The first-order valence-electron chi connectivity index (χ1n) is 12.9. The molecule has 0 N–H and O–H groups in total. The highest BCUT2D eigenvalue weighted by Gasteiger charge is 2.52. The van der Waals surface area contributed by atoms with Crippen molar-refractivity contribution < 1.29 is 18.8 Å². The smallest absolute Gasteiger partial charge is 0.316 e. The van der Waals surface area contributed by atoms with Gasteiger partial charge in [0.1, 0.15) is 0 Å². The quantitative estimate of drug-likeness (QED) is 0.174. The van der Waals surface area contributed by atoms with Crippen LogP contribution in [0.3, 0.4) is 0 Å². The van der Waals surface area contributed by atoms with Crippen molar-refractivity contribution in [3.8, 4) is 22.5 Å². The molecule has 188 valence electrons. The number of aromatic nitrogens is 1. The molecule has 1 aromatic heterocycles. The van der Waals surface area contributed by atoms with Crippen molar-refractivity contribution in [2.24, 2.45) is 0 Å². The Hall–Kier alpha value is -3.99. The van der Waals surface area contributed by atoms with E-state index in [1.807, 2.05) is 68.4 Å². The number of benzene rings is 3. The van der Waals surface area contributed by atoms with Gasteiger partial charge in [-0.2, -0.15) is 0 Å². The zero-order valence-corrected chi connectivity index (χ0v) is 21.3. The van der Waals surface area contributed by atoms with Crippen molar-refractivity contribution in [2.45, 2.75) is 51.4 Å². The normalized spacial score (nSPS) is 13.8. The molecule has 37 heavy (non-hydrogen) atoms. The summed E-state index contributed by atoms with van der Waals surface area (Å²) in [5.74, 6) is 0.799. The number of ketones is 1. The van der Waals surface area contributed by atoms with Gasteiger partial charge in [-0.3, -0.25) is 9.59 Å². The fourth-order valence-electron chi connectivity index (χ4n) is 4.90. The first kappa shape index (κ1) is 24.7. The van der Waals surface area contributed by atoms with E-state index in [1.165, 1.54) is 0 Å². The summed E-state index contributed by atoms with van der Waals surface area (Å²) >= 11 is 0. The number of rotatable bonds is 10. The molecule has 0 radical (unpaired) electrons. The average Bonchev–Trinajstić information content (AvgIpc) is 3.68. The Balaban J connectivity index is 1.26. The van der Waals surface area contributed by atoms with Gasteiger partial charge in [0.05, 0.1) is 17.7 Å². The van der Waals surface area contributed by atoms with Gasteiger partial charge in [-0.25, -0.2) is 0 Å². The second-order valence-corrected chi connectivity index (χ2v) is 9.68. The van der Waals surface area contributed by atoms with Crippen LogP contribution in [0.15, 0.2) is 83.4 Å². The highest BCUT2D eigenvalue weighted by Crippen LogP contribution is 2.49. The van der Waals surface area contributed by atoms with E-state index in [0.717, 1.165) is 70.5 Å². The molecule has 4 aromatic rings. The van der Waals surface area contributed by atoms with Crippen LogP contribution in [0.2, 0.25) is 0 Å². The molecule has 1 saturated carbocycles. The highest BCUT2D eigenvalue weighted by molar-refractivity contribution is 5.96. The largest absolute Gasteiger partial charge is 0.465 e. The van der Waals surface area contributed by atoms with E-state index >= 15 is 0 Å². The third-order valence-corrected chi connectivity index (χ3v) is 7.25. The van der Waals surface area contributed by atoms with Crippen LogP contribution in [0, 0.1) is 6.92 Å². The number of hydrogen-bond acceptors (Lipinski definition) is 5. The molecule has 0 unspecified atom stereocenters. The van der Waals surface area contributed by atoms with E-state index in [9.17, 15) is 9.59 Å². The summed E-state index contributed by atoms with van der Waals surface area (Å²) in [6, 6.07) is 25.9. The lowest BCUT2D eigenvalue weighted by Gasteiger charge is -2.14. The molecule has 1 fully saturated rings. The highest BCUT2D eigenvalue weighted by atomic mass is 16.5. The molecule has 5 nitrogen and oxygen atoms in total. The van der Waals surface area contributed by atoms with E-state index < -0.39 is 5.41 Å². The fourth-order valence-corrected chi connectivity index (χ4v) is 4.90. The third-order valence-electron chi connectivity index (χ3n) is 7.25. The van der Waals surface area contributed by atoms with E-state index in [-0.39, 0.29) is 11.8 Å². The van der Waals surface area contributed by atoms with Gasteiger partial charge in [0.25, 0.3) is 0 Å². The number of aryl methyl sites for hydroxylation is 1. The van der Waals surface area contributed by atoms with Crippen molar-refractivity contribution in [1.82, 2.24) is 5.16 Å². The molecule has 1 heterocycles. The summed E-state index contributed by atoms with van der Waals surface area (Å²) in [5.41, 5.74) is 6.37. The summed E-state index contributed by atoms with van der Waals surface area (Å²) in [6.07, 6.45) is 3.65. The molecule has 5 rings (SSSR count). The molecule has 0 aliphatic heterocycles. The van der Waals surface area contributed by atoms with E-state index in [2.05, 4.69) is 29.4 Å². The zero-order valence-electron chi connectivity index (χ0n) is 21.3. The van der Waals surface area contributed by atoms with Crippen LogP contribution in [-0.4, -0.2) is 23.5 Å². The average molecular weight is 494 g/mol.